The molecule has 0 saturated carbocycles. The van der Waals surface area contributed by atoms with Gasteiger partial charge < -0.3 is 5.73 Å². The molecule has 0 atom stereocenters. The Morgan fingerprint density at radius 3 is 2.25 bits per heavy atom. The van der Waals surface area contributed by atoms with Gasteiger partial charge in [0, 0.05) is 13.6 Å². The number of hydrogen-bond acceptors (Lipinski definition) is 2. The van der Waals surface area contributed by atoms with E-state index < -0.39 is 0 Å². The van der Waals surface area contributed by atoms with E-state index in [2.05, 4.69) is 25.9 Å². The lowest BCUT2D eigenvalue weighted by Crippen LogP contribution is -2.22. The van der Waals surface area contributed by atoms with Crippen molar-refractivity contribution in [3.8, 4) is 0 Å². The van der Waals surface area contributed by atoms with Gasteiger partial charge >= 0.3 is 0 Å². The Hall–Kier alpha value is -0.730. The third-order valence-corrected chi connectivity index (χ3v) is 1.51. The van der Waals surface area contributed by atoms with E-state index in [9.17, 15) is 0 Å². The van der Waals surface area contributed by atoms with Gasteiger partial charge in [-0.3, -0.25) is 5.01 Å². The van der Waals surface area contributed by atoms with Gasteiger partial charge in [-0.05, 0) is 18.8 Å². The van der Waals surface area contributed by atoms with Crippen molar-refractivity contribution in [2.75, 3.05) is 13.6 Å². The standard InChI is InChI=1S/C9H21N3/c1-8(10)11-12(5)7-6-9(2,3)4/h6-7H2,1-5H3,(H2,10,11). The van der Waals surface area contributed by atoms with E-state index in [0.29, 0.717) is 11.3 Å². The second-order valence-electron chi connectivity index (χ2n) is 4.43. The fourth-order valence-corrected chi connectivity index (χ4v) is 0.816. The summed E-state index contributed by atoms with van der Waals surface area (Å²) >= 11 is 0. The molecule has 2 N–H and O–H groups in total. The zero-order chi connectivity index (χ0) is 9.78. The maximum atomic E-state index is 5.44. The van der Waals surface area contributed by atoms with E-state index in [1.807, 2.05) is 12.1 Å². The fourth-order valence-electron chi connectivity index (χ4n) is 0.816. The Bertz CT molecular complexity index is 152. The molecule has 12 heavy (non-hydrogen) atoms. The first-order chi connectivity index (χ1) is 5.31. The first-order valence-corrected chi connectivity index (χ1v) is 4.33. The molecule has 3 heteroatoms. The number of hydrogen-bond donors (Lipinski definition) is 1. The molecule has 0 bridgehead atoms. The van der Waals surface area contributed by atoms with Crippen molar-refractivity contribution in [3.63, 3.8) is 0 Å². The van der Waals surface area contributed by atoms with Gasteiger partial charge in [0.2, 0.25) is 0 Å². The smallest absolute Gasteiger partial charge is 0.116 e. The van der Waals surface area contributed by atoms with Gasteiger partial charge in [0.1, 0.15) is 5.84 Å². The predicted molar refractivity (Wildman–Crippen MR) is 54.0 cm³/mol. The highest BCUT2D eigenvalue weighted by Crippen LogP contribution is 2.18. The van der Waals surface area contributed by atoms with Crippen molar-refractivity contribution in [3.05, 3.63) is 0 Å². The van der Waals surface area contributed by atoms with Crippen LogP contribution in [0.2, 0.25) is 0 Å². The zero-order valence-electron chi connectivity index (χ0n) is 8.89. The molecule has 72 valence electrons. The van der Waals surface area contributed by atoms with E-state index >= 15 is 0 Å². The highest BCUT2D eigenvalue weighted by atomic mass is 15.4. The van der Waals surface area contributed by atoms with Gasteiger partial charge in [-0.25, -0.2) is 0 Å². The summed E-state index contributed by atoms with van der Waals surface area (Å²) in [6.07, 6.45) is 1.13. The van der Waals surface area contributed by atoms with Crippen LogP contribution in [-0.4, -0.2) is 24.4 Å². The highest BCUT2D eigenvalue weighted by Gasteiger charge is 2.10. The average Bonchev–Trinajstić information content (AvgIpc) is 1.80. The quantitative estimate of drug-likeness (QED) is 0.398. The molecule has 0 spiro atoms. The summed E-state index contributed by atoms with van der Waals surface area (Å²) in [4.78, 5) is 0. The minimum atomic E-state index is 0.367. The summed E-state index contributed by atoms with van der Waals surface area (Å²) < 4.78 is 0. The molecule has 0 fully saturated rings. The van der Waals surface area contributed by atoms with Crippen molar-refractivity contribution < 1.29 is 0 Å². The summed E-state index contributed by atoms with van der Waals surface area (Å²) in [6, 6.07) is 0. The van der Waals surface area contributed by atoms with Crippen molar-refractivity contribution >= 4 is 5.84 Å². The van der Waals surface area contributed by atoms with Crippen LogP contribution in [0.5, 0.6) is 0 Å². The van der Waals surface area contributed by atoms with Gasteiger partial charge in [-0.2, -0.15) is 5.10 Å². The van der Waals surface area contributed by atoms with Crippen molar-refractivity contribution in [2.45, 2.75) is 34.1 Å². The Morgan fingerprint density at radius 2 is 1.92 bits per heavy atom. The second-order valence-corrected chi connectivity index (χ2v) is 4.43. The van der Waals surface area contributed by atoms with E-state index in [1.54, 1.807) is 6.92 Å². The van der Waals surface area contributed by atoms with E-state index in [1.165, 1.54) is 0 Å². The monoisotopic (exact) mass is 171 g/mol. The number of amidine groups is 1. The maximum absolute atomic E-state index is 5.44. The number of rotatable bonds is 3. The largest absolute Gasteiger partial charge is 0.386 e. The van der Waals surface area contributed by atoms with Crippen LogP contribution in [0.25, 0.3) is 0 Å². The topological polar surface area (TPSA) is 41.6 Å². The molecule has 0 aromatic rings. The van der Waals surface area contributed by atoms with Crippen LogP contribution in [0.15, 0.2) is 5.10 Å². The third-order valence-electron chi connectivity index (χ3n) is 1.51. The molecule has 0 rings (SSSR count). The molecule has 0 aromatic carbocycles. The Morgan fingerprint density at radius 1 is 1.42 bits per heavy atom. The van der Waals surface area contributed by atoms with Crippen molar-refractivity contribution in [1.29, 1.82) is 0 Å². The van der Waals surface area contributed by atoms with E-state index in [-0.39, 0.29) is 0 Å². The Labute approximate surface area is 75.6 Å². The molecular formula is C9H21N3. The lowest BCUT2D eigenvalue weighted by molar-refractivity contribution is 0.272. The van der Waals surface area contributed by atoms with Crippen LogP contribution in [0.3, 0.4) is 0 Å². The van der Waals surface area contributed by atoms with Crippen LogP contribution in [0.1, 0.15) is 34.1 Å². The minimum absolute atomic E-state index is 0.367. The van der Waals surface area contributed by atoms with E-state index in [4.69, 9.17) is 5.73 Å². The summed E-state index contributed by atoms with van der Waals surface area (Å²) in [6.45, 7) is 9.42. The van der Waals surface area contributed by atoms with Crippen LogP contribution in [-0.2, 0) is 0 Å². The first kappa shape index (κ1) is 11.3. The third kappa shape index (κ3) is 7.38. The van der Waals surface area contributed by atoms with E-state index in [0.717, 1.165) is 13.0 Å². The molecule has 0 saturated heterocycles. The Kier molecular flexibility index (Phi) is 4.07. The van der Waals surface area contributed by atoms with Crippen LogP contribution < -0.4 is 5.73 Å². The predicted octanol–water partition coefficient (Wildman–Crippen LogP) is 1.65. The zero-order valence-corrected chi connectivity index (χ0v) is 8.89. The summed E-state index contributed by atoms with van der Waals surface area (Å²) in [5.74, 6) is 0.617. The average molecular weight is 171 g/mol. The summed E-state index contributed by atoms with van der Waals surface area (Å²) in [5.41, 5.74) is 5.81. The molecule has 3 nitrogen and oxygen atoms in total. The molecule has 0 aromatic heterocycles. The van der Waals surface area contributed by atoms with Crippen LogP contribution >= 0.6 is 0 Å². The fraction of sp³-hybridized carbons (Fsp3) is 0.889. The first-order valence-electron chi connectivity index (χ1n) is 4.33. The van der Waals surface area contributed by atoms with Crippen molar-refractivity contribution in [1.82, 2.24) is 5.01 Å². The minimum Gasteiger partial charge on any atom is -0.386 e. The molecular weight excluding hydrogens is 150 g/mol. The van der Waals surface area contributed by atoms with Gasteiger partial charge in [-0.15, -0.1) is 0 Å². The molecule has 0 radical (unpaired) electrons. The number of hydrazone groups is 1. The summed E-state index contributed by atoms with van der Waals surface area (Å²) in [5, 5.41) is 6.00. The van der Waals surface area contributed by atoms with Gasteiger partial charge in [0.05, 0.1) is 0 Å². The van der Waals surface area contributed by atoms with Gasteiger partial charge in [-0.1, -0.05) is 20.8 Å². The molecule has 0 amide bonds. The number of nitrogens with two attached hydrogens (primary N) is 1. The summed E-state index contributed by atoms with van der Waals surface area (Å²) in [7, 11) is 1.95. The molecule has 0 unspecified atom stereocenters. The van der Waals surface area contributed by atoms with Gasteiger partial charge in [0.15, 0.2) is 0 Å². The lowest BCUT2D eigenvalue weighted by atomic mass is 9.92. The lowest BCUT2D eigenvalue weighted by Gasteiger charge is -2.21. The Balaban J connectivity index is 3.73. The normalized spacial score (nSPS) is 13.2. The van der Waals surface area contributed by atoms with Crippen LogP contribution in [0.4, 0.5) is 0 Å². The number of nitrogens with zero attached hydrogens (tertiary/aromatic N) is 2. The molecule has 0 heterocycles. The second kappa shape index (κ2) is 4.33. The molecule has 0 aliphatic carbocycles. The van der Waals surface area contributed by atoms with Crippen LogP contribution in [0, 0.1) is 5.41 Å². The van der Waals surface area contributed by atoms with Gasteiger partial charge in [0.25, 0.3) is 0 Å². The maximum Gasteiger partial charge on any atom is 0.116 e. The highest BCUT2D eigenvalue weighted by molar-refractivity contribution is 5.77. The SMILES string of the molecule is C/C(N)=N\N(C)CCC(C)(C)C. The molecule has 0 aliphatic rings. The van der Waals surface area contributed by atoms with Crippen molar-refractivity contribution in [2.24, 2.45) is 16.3 Å². The molecule has 0 aliphatic heterocycles.